The highest BCUT2D eigenvalue weighted by molar-refractivity contribution is 9.10. The van der Waals surface area contributed by atoms with Crippen molar-refractivity contribution in [3.05, 3.63) is 57.8 Å². The molecule has 0 saturated heterocycles. The van der Waals surface area contributed by atoms with Crippen LogP contribution >= 0.6 is 15.9 Å². The van der Waals surface area contributed by atoms with Crippen molar-refractivity contribution in [1.82, 2.24) is 5.32 Å². The summed E-state index contributed by atoms with van der Waals surface area (Å²) in [5.74, 6) is 0.435. The number of amides is 1. The number of rotatable bonds is 7. The molecule has 0 aromatic heterocycles. The maximum Gasteiger partial charge on any atom is 0.251 e. The predicted octanol–water partition coefficient (Wildman–Crippen LogP) is 4.32. The quantitative estimate of drug-likeness (QED) is 0.759. The minimum Gasteiger partial charge on any atom is -0.490 e. The summed E-state index contributed by atoms with van der Waals surface area (Å²) in [5.41, 5.74) is 0.849. The molecule has 0 aliphatic rings. The highest BCUT2D eigenvalue weighted by Gasteiger charge is 2.12. The molecule has 2 aromatic rings. The Morgan fingerprint density at radius 3 is 2.46 bits per heavy atom. The second-order valence-corrected chi connectivity index (χ2v) is 5.86. The fraction of sp³-hybridized carbons (Fsp3) is 0.278. The molecule has 2 rings (SSSR count). The van der Waals surface area contributed by atoms with Crippen molar-refractivity contribution in [3.63, 3.8) is 0 Å². The Labute approximate surface area is 149 Å². The molecule has 0 bridgehead atoms. The average molecular weight is 396 g/mol. The van der Waals surface area contributed by atoms with E-state index in [9.17, 15) is 9.18 Å². The van der Waals surface area contributed by atoms with Gasteiger partial charge in [0.1, 0.15) is 5.82 Å². The average Bonchev–Trinajstić information content (AvgIpc) is 2.56. The maximum absolute atomic E-state index is 13.8. The Kier molecular flexibility index (Phi) is 6.61. The van der Waals surface area contributed by atoms with E-state index >= 15 is 0 Å². The van der Waals surface area contributed by atoms with Gasteiger partial charge in [0.05, 0.1) is 13.2 Å². The first-order chi connectivity index (χ1) is 11.5. The normalized spacial score (nSPS) is 10.3. The summed E-state index contributed by atoms with van der Waals surface area (Å²) >= 11 is 3.20. The van der Waals surface area contributed by atoms with Crippen molar-refractivity contribution in [2.45, 2.75) is 20.4 Å². The van der Waals surface area contributed by atoms with Crippen molar-refractivity contribution in [3.8, 4) is 11.5 Å². The summed E-state index contributed by atoms with van der Waals surface area (Å²) < 4.78 is 25.4. The molecule has 0 fully saturated rings. The second-order valence-electron chi connectivity index (χ2n) is 4.95. The van der Waals surface area contributed by atoms with Gasteiger partial charge in [0, 0.05) is 22.1 Å². The molecule has 0 heterocycles. The number of nitrogens with one attached hydrogen (secondary N) is 1. The summed E-state index contributed by atoms with van der Waals surface area (Å²) in [5, 5.41) is 2.71. The van der Waals surface area contributed by atoms with Crippen LogP contribution in [0.2, 0.25) is 0 Å². The van der Waals surface area contributed by atoms with Crippen molar-refractivity contribution in [1.29, 1.82) is 0 Å². The van der Waals surface area contributed by atoms with Gasteiger partial charge in [-0.1, -0.05) is 22.0 Å². The first-order valence-corrected chi connectivity index (χ1v) is 8.46. The molecule has 1 N–H and O–H groups in total. The van der Waals surface area contributed by atoms with Crippen molar-refractivity contribution in [2.24, 2.45) is 0 Å². The van der Waals surface area contributed by atoms with Gasteiger partial charge in [-0.3, -0.25) is 4.79 Å². The first-order valence-electron chi connectivity index (χ1n) is 7.67. The van der Waals surface area contributed by atoms with Gasteiger partial charge in [-0.2, -0.15) is 0 Å². The molecule has 0 spiro atoms. The lowest BCUT2D eigenvalue weighted by molar-refractivity contribution is 0.0950. The molecule has 0 aliphatic heterocycles. The van der Waals surface area contributed by atoms with E-state index in [1.54, 1.807) is 30.3 Å². The van der Waals surface area contributed by atoms with E-state index < -0.39 is 0 Å². The summed E-state index contributed by atoms with van der Waals surface area (Å²) in [7, 11) is 0. The van der Waals surface area contributed by atoms with Crippen LogP contribution in [0.1, 0.15) is 29.8 Å². The minimum atomic E-state index is -0.369. The number of ether oxygens (including phenoxy) is 2. The minimum absolute atomic E-state index is 0.106. The van der Waals surface area contributed by atoms with Crippen molar-refractivity contribution in [2.75, 3.05) is 13.2 Å². The molecule has 24 heavy (non-hydrogen) atoms. The van der Waals surface area contributed by atoms with E-state index in [0.29, 0.717) is 40.3 Å². The highest BCUT2D eigenvalue weighted by atomic mass is 79.9. The van der Waals surface area contributed by atoms with Crippen LogP contribution in [0.25, 0.3) is 0 Å². The molecule has 1 amide bonds. The topological polar surface area (TPSA) is 47.6 Å². The van der Waals surface area contributed by atoms with Gasteiger partial charge in [0.15, 0.2) is 11.5 Å². The zero-order valence-electron chi connectivity index (χ0n) is 13.6. The third kappa shape index (κ3) is 4.71. The van der Waals surface area contributed by atoms with E-state index in [1.165, 1.54) is 6.07 Å². The van der Waals surface area contributed by atoms with Crippen molar-refractivity contribution < 1.29 is 18.7 Å². The van der Waals surface area contributed by atoms with Gasteiger partial charge in [0.2, 0.25) is 0 Å². The number of carbonyl (C=O) groups is 1. The van der Waals surface area contributed by atoms with Gasteiger partial charge in [-0.15, -0.1) is 0 Å². The number of halogens is 2. The smallest absolute Gasteiger partial charge is 0.251 e. The zero-order valence-corrected chi connectivity index (χ0v) is 15.2. The summed E-state index contributed by atoms with van der Waals surface area (Å²) in [6.07, 6.45) is 0. The van der Waals surface area contributed by atoms with E-state index in [2.05, 4.69) is 21.2 Å². The fourth-order valence-corrected chi connectivity index (χ4v) is 2.47. The Balaban J connectivity index is 2.10. The monoisotopic (exact) mass is 395 g/mol. The maximum atomic E-state index is 13.8. The van der Waals surface area contributed by atoms with E-state index in [-0.39, 0.29) is 18.3 Å². The van der Waals surface area contributed by atoms with E-state index in [0.717, 1.165) is 0 Å². The zero-order chi connectivity index (χ0) is 17.5. The van der Waals surface area contributed by atoms with Gasteiger partial charge in [-0.05, 0) is 44.2 Å². The Bertz CT molecular complexity index is 721. The lowest BCUT2D eigenvalue weighted by atomic mass is 10.1. The summed E-state index contributed by atoms with van der Waals surface area (Å²) in [4.78, 5) is 12.3. The highest BCUT2D eigenvalue weighted by Crippen LogP contribution is 2.28. The lowest BCUT2D eigenvalue weighted by Gasteiger charge is -2.12. The molecular formula is C18H19BrFNO3. The molecule has 0 saturated carbocycles. The number of hydrogen-bond acceptors (Lipinski definition) is 3. The fourth-order valence-electron chi connectivity index (χ4n) is 2.13. The van der Waals surface area contributed by atoms with Crippen LogP contribution in [0.15, 0.2) is 40.9 Å². The Morgan fingerprint density at radius 1 is 1.08 bits per heavy atom. The summed E-state index contributed by atoms with van der Waals surface area (Å²) in [6, 6.07) is 9.70. The third-order valence-corrected chi connectivity index (χ3v) is 3.75. The van der Waals surface area contributed by atoms with Crippen molar-refractivity contribution >= 4 is 21.8 Å². The Hall–Kier alpha value is -2.08. The van der Waals surface area contributed by atoms with Crippen LogP contribution in [0.3, 0.4) is 0 Å². The molecule has 2 aromatic carbocycles. The second kappa shape index (κ2) is 8.68. The molecule has 0 unspecified atom stereocenters. The van der Waals surface area contributed by atoms with Crippen LogP contribution < -0.4 is 14.8 Å². The van der Waals surface area contributed by atoms with Gasteiger partial charge >= 0.3 is 0 Å². The largest absolute Gasteiger partial charge is 0.490 e. The molecule has 128 valence electrons. The van der Waals surface area contributed by atoms with Crippen LogP contribution in [0, 0.1) is 5.82 Å². The number of benzene rings is 2. The van der Waals surface area contributed by atoms with Crippen LogP contribution in [0.4, 0.5) is 4.39 Å². The lowest BCUT2D eigenvalue weighted by Crippen LogP contribution is -2.23. The predicted molar refractivity (Wildman–Crippen MR) is 94.1 cm³/mol. The first kappa shape index (κ1) is 18.3. The standard InChI is InChI=1S/C18H19BrFNO3/c1-3-23-16-8-6-12(9-17(16)24-4-2)18(22)21-11-13-5-7-14(19)10-15(13)20/h5-10H,3-4,11H2,1-2H3,(H,21,22). The molecule has 0 radical (unpaired) electrons. The SMILES string of the molecule is CCOc1ccc(C(=O)NCc2ccc(Br)cc2F)cc1OCC. The molecule has 4 nitrogen and oxygen atoms in total. The van der Waals surface area contributed by atoms with Gasteiger partial charge in [0.25, 0.3) is 5.91 Å². The molecule has 0 atom stereocenters. The van der Waals surface area contributed by atoms with Crippen LogP contribution in [0.5, 0.6) is 11.5 Å². The molecular weight excluding hydrogens is 377 g/mol. The van der Waals surface area contributed by atoms with Gasteiger partial charge < -0.3 is 14.8 Å². The molecule has 6 heteroatoms. The molecule has 0 aliphatic carbocycles. The Morgan fingerprint density at radius 2 is 1.79 bits per heavy atom. The number of hydrogen-bond donors (Lipinski definition) is 1. The summed E-state index contributed by atoms with van der Waals surface area (Å²) in [6.45, 7) is 4.82. The van der Waals surface area contributed by atoms with E-state index in [1.807, 2.05) is 13.8 Å². The third-order valence-electron chi connectivity index (χ3n) is 3.26. The van der Waals surface area contributed by atoms with Gasteiger partial charge in [-0.25, -0.2) is 4.39 Å². The van der Waals surface area contributed by atoms with Crippen LogP contribution in [-0.4, -0.2) is 19.1 Å². The van der Waals surface area contributed by atoms with E-state index in [4.69, 9.17) is 9.47 Å². The van der Waals surface area contributed by atoms with Crippen LogP contribution in [-0.2, 0) is 6.54 Å². The number of carbonyl (C=O) groups excluding carboxylic acids is 1.